The molecule has 2 rings (SSSR count). The number of benzene rings is 1. The van der Waals surface area contributed by atoms with Crippen LogP contribution < -0.4 is 5.32 Å². The van der Waals surface area contributed by atoms with E-state index < -0.39 is 0 Å². The molecule has 0 aliphatic heterocycles. The highest BCUT2D eigenvalue weighted by Crippen LogP contribution is 2.23. The molecule has 0 spiro atoms. The second-order valence-electron chi connectivity index (χ2n) is 4.22. The highest BCUT2D eigenvalue weighted by Gasteiger charge is 2.19. The normalized spacial score (nSPS) is 12.6. The average Bonchev–Trinajstić information content (AvgIpc) is 2.82. The quantitative estimate of drug-likeness (QED) is 0.880. The molecule has 1 N–H and O–H groups in total. The van der Waals surface area contributed by atoms with Gasteiger partial charge in [-0.15, -0.1) is 0 Å². The van der Waals surface area contributed by atoms with E-state index in [1.54, 1.807) is 18.3 Å². The zero-order valence-electron chi connectivity index (χ0n) is 10.7. The van der Waals surface area contributed by atoms with Gasteiger partial charge in [-0.25, -0.2) is 4.39 Å². The molecule has 18 heavy (non-hydrogen) atoms. The van der Waals surface area contributed by atoms with Crippen molar-refractivity contribution in [3.05, 3.63) is 53.6 Å². The predicted molar refractivity (Wildman–Crippen MR) is 69.8 cm³/mol. The first kappa shape index (κ1) is 12.8. The molecule has 0 radical (unpaired) electrons. The third-order valence-corrected chi connectivity index (χ3v) is 2.99. The minimum absolute atomic E-state index is 0.166. The fourth-order valence-corrected chi connectivity index (χ4v) is 2.16. The summed E-state index contributed by atoms with van der Waals surface area (Å²) in [5, 5.41) is 7.44. The van der Waals surface area contributed by atoms with Gasteiger partial charge < -0.3 is 5.32 Å². The lowest BCUT2D eigenvalue weighted by atomic mass is 10.0. The predicted octanol–water partition coefficient (Wildman–Crippen LogP) is 2.74. The summed E-state index contributed by atoms with van der Waals surface area (Å²) < 4.78 is 15.8. The maximum Gasteiger partial charge on any atom is 0.128 e. The first-order chi connectivity index (χ1) is 8.77. The minimum atomic E-state index is -0.193. The fraction of sp³-hybridized carbons (Fsp3) is 0.357. The summed E-state index contributed by atoms with van der Waals surface area (Å²) in [4.78, 5) is 0. The number of halogens is 1. The van der Waals surface area contributed by atoms with E-state index in [-0.39, 0.29) is 11.9 Å². The third kappa shape index (κ3) is 2.43. The number of nitrogens with one attached hydrogen (secondary N) is 1. The van der Waals surface area contributed by atoms with Crippen molar-refractivity contribution in [2.45, 2.75) is 25.9 Å². The Labute approximate surface area is 107 Å². The van der Waals surface area contributed by atoms with Gasteiger partial charge in [-0.05, 0) is 25.6 Å². The Morgan fingerprint density at radius 2 is 2.11 bits per heavy atom. The fourth-order valence-electron chi connectivity index (χ4n) is 2.16. The van der Waals surface area contributed by atoms with Gasteiger partial charge in [0.05, 0.1) is 11.7 Å². The molecule has 0 saturated heterocycles. The molecule has 1 atom stereocenters. The van der Waals surface area contributed by atoms with E-state index in [2.05, 4.69) is 17.3 Å². The molecule has 0 aliphatic carbocycles. The standard InChI is InChI=1S/C14H18FN3/c1-3-10-18-13(8-9-17-18)14(16-2)11-6-4-5-7-12(11)15/h4-9,14,16H,3,10H2,1-2H3. The molecular weight excluding hydrogens is 229 g/mol. The molecule has 3 nitrogen and oxygen atoms in total. The van der Waals surface area contributed by atoms with Gasteiger partial charge in [-0.2, -0.15) is 5.10 Å². The van der Waals surface area contributed by atoms with E-state index in [4.69, 9.17) is 0 Å². The molecule has 1 heterocycles. The topological polar surface area (TPSA) is 29.9 Å². The van der Waals surface area contributed by atoms with E-state index >= 15 is 0 Å². The Morgan fingerprint density at radius 3 is 2.78 bits per heavy atom. The molecule has 0 fully saturated rings. The monoisotopic (exact) mass is 247 g/mol. The molecular formula is C14H18FN3. The summed E-state index contributed by atoms with van der Waals surface area (Å²) in [7, 11) is 1.83. The van der Waals surface area contributed by atoms with Crippen LogP contribution in [0.5, 0.6) is 0 Å². The van der Waals surface area contributed by atoms with E-state index in [1.165, 1.54) is 6.07 Å². The minimum Gasteiger partial charge on any atom is -0.308 e. The molecule has 0 amide bonds. The van der Waals surface area contributed by atoms with Gasteiger partial charge in [0.15, 0.2) is 0 Å². The SMILES string of the molecule is CCCn1nccc1C(NC)c1ccccc1F. The van der Waals surface area contributed by atoms with Crippen molar-refractivity contribution in [1.82, 2.24) is 15.1 Å². The number of rotatable bonds is 5. The van der Waals surface area contributed by atoms with Crippen molar-refractivity contribution in [3.8, 4) is 0 Å². The maximum atomic E-state index is 13.9. The second kappa shape index (κ2) is 5.78. The van der Waals surface area contributed by atoms with E-state index in [9.17, 15) is 4.39 Å². The lowest BCUT2D eigenvalue weighted by molar-refractivity contribution is 0.516. The summed E-state index contributed by atoms with van der Waals surface area (Å²) in [6, 6.07) is 8.61. The van der Waals surface area contributed by atoms with Gasteiger partial charge in [0, 0.05) is 18.3 Å². The molecule has 1 aromatic carbocycles. The van der Waals surface area contributed by atoms with Crippen molar-refractivity contribution in [2.75, 3.05) is 7.05 Å². The third-order valence-electron chi connectivity index (χ3n) is 2.99. The highest BCUT2D eigenvalue weighted by molar-refractivity contribution is 5.28. The zero-order valence-corrected chi connectivity index (χ0v) is 10.7. The smallest absolute Gasteiger partial charge is 0.128 e. The first-order valence-electron chi connectivity index (χ1n) is 6.21. The number of hydrogen-bond acceptors (Lipinski definition) is 2. The Kier molecular flexibility index (Phi) is 4.10. The van der Waals surface area contributed by atoms with Crippen LogP contribution in [-0.2, 0) is 6.54 Å². The summed E-state index contributed by atoms with van der Waals surface area (Å²) in [6.45, 7) is 2.94. The maximum absolute atomic E-state index is 13.9. The molecule has 2 aromatic rings. The van der Waals surface area contributed by atoms with Crippen LogP contribution in [0.2, 0.25) is 0 Å². The molecule has 0 saturated carbocycles. The Bertz CT molecular complexity index is 507. The zero-order chi connectivity index (χ0) is 13.0. The van der Waals surface area contributed by atoms with E-state index in [0.29, 0.717) is 5.56 Å². The molecule has 96 valence electrons. The largest absolute Gasteiger partial charge is 0.308 e. The average molecular weight is 247 g/mol. The molecule has 0 aliphatic rings. The molecule has 1 aromatic heterocycles. The first-order valence-corrected chi connectivity index (χ1v) is 6.21. The Balaban J connectivity index is 2.39. The number of aromatic nitrogens is 2. The van der Waals surface area contributed by atoms with Crippen LogP contribution in [0.25, 0.3) is 0 Å². The number of hydrogen-bond donors (Lipinski definition) is 1. The van der Waals surface area contributed by atoms with Crippen LogP contribution in [0.3, 0.4) is 0 Å². The Morgan fingerprint density at radius 1 is 1.33 bits per heavy atom. The van der Waals surface area contributed by atoms with Crippen molar-refractivity contribution in [3.63, 3.8) is 0 Å². The van der Waals surface area contributed by atoms with E-state index in [1.807, 2.05) is 23.9 Å². The molecule has 4 heteroatoms. The number of nitrogens with zero attached hydrogens (tertiary/aromatic N) is 2. The Hall–Kier alpha value is -1.68. The van der Waals surface area contributed by atoms with Gasteiger partial charge in [-0.3, -0.25) is 4.68 Å². The van der Waals surface area contributed by atoms with Crippen LogP contribution in [0.4, 0.5) is 4.39 Å². The van der Waals surface area contributed by atoms with Crippen molar-refractivity contribution in [2.24, 2.45) is 0 Å². The van der Waals surface area contributed by atoms with Gasteiger partial charge in [-0.1, -0.05) is 25.1 Å². The van der Waals surface area contributed by atoms with Crippen molar-refractivity contribution < 1.29 is 4.39 Å². The molecule has 0 bridgehead atoms. The van der Waals surface area contributed by atoms with Gasteiger partial charge in [0.25, 0.3) is 0 Å². The van der Waals surface area contributed by atoms with Crippen molar-refractivity contribution in [1.29, 1.82) is 0 Å². The highest BCUT2D eigenvalue weighted by atomic mass is 19.1. The van der Waals surface area contributed by atoms with Gasteiger partial charge >= 0.3 is 0 Å². The number of aryl methyl sites for hydroxylation is 1. The van der Waals surface area contributed by atoms with Crippen LogP contribution in [0, 0.1) is 5.82 Å². The second-order valence-corrected chi connectivity index (χ2v) is 4.22. The summed E-state index contributed by atoms with van der Waals surface area (Å²) in [5.74, 6) is -0.193. The lowest BCUT2D eigenvalue weighted by Gasteiger charge is -2.18. The summed E-state index contributed by atoms with van der Waals surface area (Å²) in [5.41, 5.74) is 1.64. The van der Waals surface area contributed by atoms with Crippen LogP contribution in [0.15, 0.2) is 36.5 Å². The van der Waals surface area contributed by atoms with Gasteiger partial charge in [0.1, 0.15) is 5.82 Å². The lowest BCUT2D eigenvalue weighted by Crippen LogP contribution is -2.22. The van der Waals surface area contributed by atoms with Crippen LogP contribution in [0.1, 0.15) is 30.6 Å². The van der Waals surface area contributed by atoms with Crippen LogP contribution in [-0.4, -0.2) is 16.8 Å². The van der Waals surface area contributed by atoms with Crippen LogP contribution >= 0.6 is 0 Å². The van der Waals surface area contributed by atoms with Gasteiger partial charge in [0.2, 0.25) is 0 Å². The summed E-state index contributed by atoms with van der Waals surface area (Å²) in [6.07, 6.45) is 2.76. The van der Waals surface area contributed by atoms with E-state index in [0.717, 1.165) is 18.7 Å². The summed E-state index contributed by atoms with van der Waals surface area (Å²) >= 11 is 0. The van der Waals surface area contributed by atoms with Crippen molar-refractivity contribution >= 4 is 0 Å². The molecule has 1 unspecified atom stereocenters.